The van der Waals surface area contributed by atoms with Gasteiger partial charge in [0, 0.05) is 6.04 Å². The Balaban J connectivity index is 1.81. The molecule has 0 spiro atoms. The standard InChI is InChI=1S/C19H23NO3/c1-2-22-19(21)13-17(20)12-15-8-10-18(11-9-15)23-14-16-6-4-3-5-7-16/h3-11,17H,2,12-14,20H2,1H3. The molecular weight excluding hydrogens is 290 g/mol. The predicted octanol–water partition coefficient (Wildman–Crippen LogP) is 3.09. The highest BCUT2D eigenvalue weighted by molar-refractivity contribution is 5.70. The van der Waals surface area contributed by atoms with Crippen molar-refractivity contribution in [2.75, 3.05) is 6.61 Å². The minimum Gasteiger partial charge on any atom is -0.489 e. The number of nitrogens with two attached hydrogens (primary N) is 1. The van der Waals surface area contributed by atoms with E-state index < -0.39 is 0 Å². The van der Waals surface area contributed by atoms with E-state index in [1.54, 1.807) is 6.92 Å². The number of benzene rings is 2. The van der Waals surface area contributed by atoms with Gasteiger partial charge in [-0.05, 0) is 36.6 Å². The molecule has 0 radical (unpaired) electrons. The van der Waals surface area contributed by atoms with Crippen molar-refractivity contribution in [3.8, 4) is 5.75 Å². The summed E-state index contributed by atoms with van der Waals surface area (Å²) >= 11 is 0. The van der Waals surface area contributed by atoms with Crippen LogP contribution in [-0.2, 0) is 22.6 Å². The average Bonchev–Trinajstić information content (AvgIpc) is 2.55. The van der Waals surface area contributed by atoms with E-state index in [0.717, 1.165) is 16.9 Å². The van der Waals surface area contributed by atoms with E-state index in [1.165, 1.54) is 0 Å². The number of hydrogen-bond acceptors (Lipinski definition) is 4. The Hall–Kier alpha value is -2.33. The molecule has 0 bridgehead atoms. The van der Waals surface area contributed by atoms with E-state index >= 15 is 0 Å². The molecule has 2 aromatic rings. The molecule has 0 aliphatic rings. The van der Waals surface area contributed by atoms with Crippen molar-refractivity contribution in [3.63, 3.8) is 0 Å². The summed E-state index contributed by atoms with van der Waals surface area (Å²) in [6.07, 6.45) is 0.873. The van der Waals surface area contributed by atoms with Crippen LogP contribution in [0, 0.1) is 0 Å². The van der Waals surface area contributed by atoms with Crippen LogP contribution in [0.15, 0.2) is 54.6 Å². The highest BCUT2D eigenvalue weighted by atomic mass is 16.5. The third kappa shape index (κ3) is 6.12. The second-order valence-corrected chi connectivity index (χ2v) is 5.39. The van der Waals surface area contributed by atoms with Crippen LogP contribution in [-0.4, -0.2) is 18.6 Å². The molecular formula is C19H23NO3. The number of esters is 1. The van der Waals surface area contributed by atoms with E-state index in [2.05, 4.69) is 0 Å². The number of ether oxygens (including phenoxy) is 2. The molecule has 1 unspecified atom stereocenters. The summed E-state index contributed by atoms with van der Waals surface area (Å²) in [4.78, 5) is 11.4. The van der Waals surface area contributed by atoms with E-state index in [4.69, 9.17) is 15.2 Å². The summed E-state index contributed by atoms with van der Waals surface area (Å²) in [5, 5.41) is 0. The van der Waals surface area contributed by atoms with Crippen LogP contribution in [0.4, 0.5) is 0 Å². The fraction of sp³-hybridized carbons (Fsp3) is 0.316. The first-order valence-corrected chi connectivity index (χ1v) is 7.84. The van der Waals surface area contributed by atoms with E-state index in [-0.39, 0.29) is 18.4 Å². The smallest absolute Gasteiger partial charge is 0.307 e. The summed E-state index contributed by atoms with van der Waals surface area (Å²) in [6.45, 7) is 2.72. The van der Waals surface area contributed by atoms with Gasteiger partial charge in [-0.3, -0.25) is 4.79 Å². The van der Waals surface area contributed by atoms with Crippen molar-refractivity contribution in [2.24, 2.45) is 5.73 Å². The Kier molecular flexibility index (Phi) is 6.63. The van der Waals surface area contributed by atoms with Crippen molar-refractivity contribution in [2.45, 2.75) is 32.4 Å². The Morgan fingerprint density at radius 3 is 2.39 bits per heavy atom. The van der Waals surface area contributed by atoms with Crippen LogP contribution < -0.4 is 10.5 Å². The Morgan fingerprint density at radius 2 is 1.74 bits per heavy atom. The molecule has 2 N–H and O–H groups in total. The Morgan fingerprint density at radius 1 is 1.04 bits per heavy atom. The van der Waals surface area contributed by atoms with Crippen LogP contribution in [0.25, 0.3) is 0 Å². The number of hydrogen-bond donors (Lipinski definition) is 1. The lowest BCUT2D eigenvalue weighted by molar-refractivity contribution is -0.143. The Labute approximate surface area is 137 Å². The van der Waals surface area contributed by atoms with Gasteiger partial charge in [0.2, 0.25) is 0 Å². The maximum Gasteiger partial charge on any atom is 0.307 e. The molecule has 0 fully saturated rings. The van der Waals surface area contributed by atoms with Crippen molar-refractivity contribution in [1.29, 1.82) is 0 Å². The van der Waals surface area contributed by atoms with Gasteiger partial charge in [-0.15, -0.1) is 0 Å². The van der Waals surface area contributed by atoms with Gasteiger partial charge in [-0.2, -0.15) is 0 Å². The molecule has 4 nitrogen and oxygen atoms in total. The van der Waals surface area contributed by atoms with Crippen LogP contribution in [0.5, 0.6) is 5.75 Å². The number of rotatable bonds is 8. The van der Waals surface area contributed by atoms with Gasteiger partial charge < -0.3 is 15.2 Å². The maximum atomic E-state index is 11.4. The predicted molar refractivity (Wildman–Crippen MR) is 90.1 cm³/mol. The molecule has 2 aromatic carbocycles. The molecule has 0 heterocycles. The van der Waals surface area contributed by atoms with Gasteiger partial charge >= 0.3 is 5.97 Å². The molecule has 2 rings (SSSR count). The summed E-state index contributed by atoms with van der Waals surface area (Å²) in [5.74, 6) is 0.569. The fourth-order valence-electron chi connectivity index (χ4n) is 2.27. The molecule has 4 heteroatoms. The zero-order chi connectivity index (χ0) is 16.5. The monoisotopic (exact) mass is 313 g/mol. The largest absolute Gasteiger partial charge is 0.489 e. The first-order valence-electron chi connectivity index (χ1n) is 7.84. The van der Waals surface area contributed by atoms with E-state index in [0.29, 0.717) is 19.6 Å². The normalized spacial score (nSPS) is 11.7. The van der Waals surface area contributed by atoms with Gasteiger partial charge in [-0.25, -0.2) is 0 Å². The maximum absolute atomic E-state index is 11.4. The Bertz CT molecular complexity index is 596. The average molecular weight is 313 g/mol. The first-order chi connectivity index (χ1) is 11.2. The molecule has 0 aliphatic carbocycles. The van der Waals surface area contributed by atoms with Crippen molar-refractivity contribution < 1.29 is 14.3 Å². The lowest BCUT2D eigenvalue weighted by atomic mass is 10.0. The van der Waals surface area contributed by atoms with Crippen molar-refractivity contribution >= 4 is 5.97 Å². The summed E-state index contributed by atoms with van der Waals surface area (Å²) in [5.41, 5.74) is 8.19. The summed E-state index contributed by atoms with van der Waals surface area (Å²) < 4.78 is 10.6. The minimum atomic E-state index is -0.247. The molecule has 23 heavy (non-hydrogen) atoms. The van der Waals surface area contributed by atoms with Crippen LogP contribution in [0.1, 0.15) is 24.5 Å². The highest BCUT2D eigenvalue weighted by Gasteiger charge is 2.11. The van der Waals surface area contributed by atoms with Gasteiger partial charge in [0.25, 0.3) is 0 Å². The van der Waals surface area contributed by atoms with E-state index in [1.807, 2.05) is 54.6 Å². The molecule has 122 valence electrons. The second-order valence-electron chi connectivity index (χ2n) is 5.39. The minimum absolute atomic E-state index is 0.231. The van der Waals surface area contributed by atoms with Gasteiger partial charge in [-0.1, -0.05) is 42.5 Å². The highest BCUT2D eigenvalue weighted by Crippen LogP contribution is 2.15. The third-order valence-electron chi connectivity index (χ3n) is 3.40. The van der Waals surface area contributed by atoms with Crippen molar-refractivity contribution in [3.05, 3.63) is 65.7 Å². The van der Waals surface area contributed by atoms with Gasteiger partial charge in [0.05, 0.1) is 13.0 Å². The zero-order valence-electron chi connectivity index (χ0n) is 13.4. The molecule has 1 atom stereocenters. The molecule has 0 saturated carbocycles. The SMILES string of the molecule is CCOC(=O)CC(N)Cc1ccc(OCc2ccccc2)cc1. The number of carbonyl (C=O) groups excluding carboxylic acids is 1. The molecule has 0 aliphatic heterocycles. The summed E-state index contributed by atoms with van der Waals surface area (Å²) in [6, 6.07) is 17.6. The fourth-order valence-corrected chi connectivity index (χ4v) is 2.27. The van der Waals surface area contributed by atoms with Crippen LogP contribution >= 0.6 is 0 Å². The van der Waals surface area contributed by atoms with E-state index in [9.17, 15) is 4.79 Å². The third-order valence-corrected chi connectivity index (χ3v) is 3.40. The topological polar surface area (TPSA) is 61.5 Å². The lowest BCUT2D eigenvalue weighted by Crippen LogP contribution is -2.27. The summed E-state index contributed by atoms with van der Waals surface area (Å²) in [7, 11) is 0. The van der Waals surface area contributed by atoms with Crippen LogP contribution in [0.2, 0.25) is 0 Å². The molecule has 0 saturated heterocycles. The quantitative estimate of drug-likeness (QED) is 0.761. The number of carbonyl (C=O) groups is 1. The zero-order valence-corrected chi connectivity index (χ0v) is 13.4. The van der Waals surface area contributed by atoms with Crippen molar-refractivity contribution in [1.82, 2.24) is 0 Å². The van der Waals surface area contributed by atoms with Gasteiger partial charge in [0.15, 0.2) is 0 Å². The lowest BCUT2D eigenvalue weighted by Gasteiger charge is -2.12. The first kappa shape index (κ1) is 17.0. The van der Waals surface area contributed by atoms with Gasteiger partial charge in [0.1, 0.15) is 12.4 Å². The molecule has 0 aromatic heterocycles. The van der Waals surface area contributed by atoms with Crippen LogP contribution in [0.3, 0.4) is 0 Å². The molecule has 0 amide bonds. The second kappa shape index (κ2) is 8.96.